The summed E-state index contributed by atoms with van der Waals surface area (Å²) in [5, 5.41) is 0. The Labute approximate surface area is 359 Å². The number of unbranched alkanes of at least 4 members (excludes halogenated alkanes) is 10. The molecule has 0 saturated carbocycles. The summed E-state index contributed by atoms with van der Waals surface area (Å²) < 4.78 is 47.0. The Kier molecular flexibility index (Phi) is 18.0. The molecule has 11 heteroatoms. The molecule has 0 radical (unpaired) electrons. The maximum absolute atomic E-state index is 13.3. The van der Waals surface area contributed by atoms with E-state index in [1.807, 2.05) is 0 Å². The number of fused-ring (bicyclic) bond motifs is 1. The molecule has 2 heterocycles. The minimum absolute atomic E-state index is 0.244. The van der Waals surface area contributed by atoms with E-state index in [0.717, 1.165) is 31.4 Å². The van der Waals surface area contributed by atoms with E-state index >= 15 is 0 Å². The van der Waals surface area contributed by atoms with Gasteiger partial charge in [-0.3, -0.25) is 0 Å². The number of carbonyl (C=O) groups excluding carboxylic acids is 3. The van der Waals surface area contributed by atoms with Crippen molar-refractivity contribution >= 4 is 17.9 Å². The van der Waals surface area contributed by atoms with Crippen LogP contribution in [0.15, 0.2) is 97.1 Å². The van der Waals surface area contributed by atoms with Gasteiger partial charge in [0.05, 0.1) is 43.1 Å². The summed E-state index contributed by atoms with van der Waals surface area (Å²) in [6.07, 6.45) is 12.4. The summed E-state index contributed by atoms with van der Waals surface area (Å²) in [5.41, 5.74) is 1.81. The van der Waals surface area contributed by atoms with Gasteiger partial charge in [-0.1, -0.05) is 90.2 Å². The minimum Gasteiger partial charge on any atom is -0.494 e. The van der Waals surface area contributed by atoms with Crippen molar-refractivity contribution in [2.24, 2.45) is 0 Å². The Morgan fingerprint density at radius 1 is 0.525 bits per heavy atom. The van der Waals surface area contributed by atoms with Crippen LogP contribution < -0.4 is 18.9 Å². The lowest BCUT2D eigenvalue weighted by atomic mass is 10.0. The maximum Gasteiger partial charge on any atom is 0.343 e. The summed E-state index contributed by atoms with van der Waals surface area (Å²) in [6, 6.07) is 27.0. The lowest BCUT2D eigenvalue weighted by Gasteiger charge is -2.42. The fourth-order valence-corrected chi connectivity index (χ4v) is 7.23. The lowest BCUT2D eigenvalue weighted by molar-refractivity contribution is -0.298. The molecule has 0 N–H and O–H groups in total. The van der Waals surface area contributed by atoms with E-state index in [-0.39, 0.29) is 6.61 Å². The number of carbonyl (C=O) groups is 3. The third-order valence-electron chi connectivity index (χ3n) is 10.8. The SMILES string of the molecule is CCCCCCCCOc1ccc(C(=O)Oc2ccc(C(=O)O[C@@H]3CCO[C@@H]4CO[C@@H](c5ccc(OC(=O)c6ccc(OCCCCCCCC)cc6)cc5)O[C@H]43)cc2)cc1. The van der Waals surface area contributed by atoms with Gasteiger partial charge < -0.3 is 37.9 Å². The number of rotatable bonds is 23. The number of hydrogen-bond donors (Lipinski definition) is 0. The van der Waals surface area contributed by atoms with Gasteiger partial charge in [-0.25, -0.2) is 14.4 Å². The van der Waals surface area contributed by atoms with Crippen LogP contribution in [0.5, 0.6) is 23.0 Å². The molecule has 4 aromatic rings. The largest absolute Gasteiger partial charge is 0.494 e. The first-order valence-corrected chi connectivity index (χ1v) is 22.1. The molecule has 0 bridgehead atoms. The van der Waals surface area contributed by atoms with Crippen LogP contribution in [0.3, 0.4) is 0 Å². The number of benzene rings is 4. The normalized spacial score (nSPS) is 18.4. The third-order valence-corrected chi connectivity index (χ3v) is 10.8. The van der Waals surface area contributed by atoms with Crippen molar-refractivity contribution in [1.82, 2.24) is 0 Å². The molecule has 0 unspecified atom stereocenters. The zero-order valence-electron chi connectivity index (χ0n) is 35.6. The molecule has 4 aromatic carbocycles. The highest BCUT2D eigenvalue weighted by molar-refractivity contribution is 5.92. The van der Waals surface area contributed by atoms with Crippen LogP contribution in [-0.2, 0) is 18.9 Å². The molecule has 2 aliphatic rings. The standard InChI is InChI=1S/C50H60O11/c1-3-5-7-9-11-13-32-54-40-23-15-36(16-24-40)47(51)58-42-27-19-38(20-28-42)49(53)60-44-31-34-56-45-35-57-50(61-46(44)45)39-21-29-43(30-22-39)59-48(52)37-17-25-41(26-18-37)55-33-14-12-10-8-6-4-2/h15-30,44-46,50H,3-14,31-35H2,1-2H3/t44-,45-,46+,50-/m1/s1. The molecule has 0 spiro atoms. The predicted molar refractivity (Wildman–Crippen MR) is 231 cm³/mol. The van der Waals surface area contributed by atoms with Gasteiger partial charge in [-0.05, 0) is 97.8 Å². The molecule has 326 valence electrons. The highest BCUT2D eigenvalue weighted by Crippen LogP contribution is 2.34. The van der Waals surface area contributed by atoms with Crippen LogP contribution in [0.4, 0.5) is 0 Å². The maximum atomic E-state index is 13.3. The molecule has 0 aliphatic carbocycles. The Bertz CT molecular complexity index is 1930. The smallest absolute Gasteiger partial charge is 0.343 e. The van der Waals surface area contributed by atoms with Crippen molar-refractivity contribution in [3.63, 3.8) is 0 Å². The highest BCUT2D eigenvalue weighted by atomic mass is 16.7. The minimum atomic E-state index is -0.749. The van der Waals surface area contributed by atoms with Gasteiger partial charge in [0.1, 0.15) is 41.3 Å². The highest BCUT2D eigenvalue weighted by Gasteiger charge is 2.43. The van der Waals surface area contributed by atoms with Crippen molar-refractivity contribution < 1.29 is 52.3 Å². The van der Waals surface area contributed by atoms with Crippen LogP contribution in [-0.4, -0.2) is 62.6 Å². The van der Waals surface area contributed by atoms with Crippen molar-refractivity contribution in [2.45, 2.75) is 122 Å². The van der Waals surface area contributed by atoms with Gasteiger partial charge in [0.25, 0.3) is 0 Å². The van der Waals surface area contributed by atoms with Crippen LogP contribution in [0, 0.1) is 0 Å². The van der Waals surface area contributed by atoms with Crippen molar-refractivity contribution in [3.8, 4) is 23.0 Å². The molecule has 2 fully saturated rings. The molecule has 11 nitrogen and oxygen atoms in total. The number of hydrogen-bond acceptors (Lipinski definition) is 11. The fraction of sp³-hybridized carbons (Fsp3) is 0.460. The van der Waals surface area contributed by atoms with Gasteiger partial charge in [0, 0.05) is 12.0 Å². The summed E-state index contributed by atoms with van der Waals surface area (Å²) in [5.74, 6) is 0.575. The summed E-state index contributed by atoms with van der Waals surface area (Å²) in [4.78, 5) is 39.0. The Hall–Kier alpha value is -5.23. The first-order valence-electron chi connectivity index (χ1n) is 22.1. The first kappa shape index (κ1) is 45.3. The lowest BCUT2D eigenvalue weighted by Crippen LogP contribution is -2.53. The zero-order valence-corrected chi connectivity index (χ0v) is 35.6. The van der Waals surface area contributed by atoms with Crippen LogP contribution in [0.25, 0.3) is 0 Å². The van der Waals surface area contributed by atoms with Gasteiger partial charge in [-0.2, -0.15) is 0 Å². The second-order valence-corrected chi connectivity index (χ2v) is 15.6. The molecule has 61 heavy (non-hydrogen) atoms. The summed E-state index contributed by atoms with van der Waals surface area (Å²) in [7, 11) is 0. The predicted octanol–water partition coefficient (Wildman–Crippen LogP) is 11.0. The van der Waals surface area contributed by atoms with E-state index in [0.29, 0.717) is 65.7 Å². The van der Waals surface area contributed by atoms with E-state index in [1.54, 1.807) is 97.1 Å². The van der Waals surface area contributed by atoms with Crippen LogP contribution >= 0.6 is 0 Å². The van der Waals surface area contributed by atoms with Gasteiger partial charge in [0.2, 0.25) is 0 Å². The molecular formula is C50H60O11. The quantitative estimate of drug-likeness (QED) is 0.0403. The third kappa shape index (κ3) is 14.2. The average Bonchev–Trinajstić information content (AvgIpc) is 3.29. The van der Waals surface area contributed by atoms with E-state index in [4.69, 9.17) is 37.9 Å². The molecule has 2 aliphatic heterocycles. The molecule has 0 aromatic heterocycles. The van der Waals surface area contributed by atoms with Crippen molar-refractivity contribution in [3.05, 3.63) is 119 Å². The van der Waals surface area contributed by atoms with Crippen LogP contribution in [0.1, 0.15) is 140 Å². The fourth-order valence-electron chi connectivity index (χ4n) is 7.23. The van der Waals surface area contributed by atoms with Gasteiger partial charge in [0.15, 0.2) is 6.29 Å². The number of esters is 3. The molecule has 2 saturated heterocycles. The Balaban J connectivity index is 0.937. The second-order valence-electron chi connectivity index (χ2n) is 15.6. The van der Waals surface area contributed by atoms with Crippen LogP contribution in [0.2, 0.25) is 0 Å². The molecular weight excluding hydrogens is 777 g/mol. The topological polar surface area (TPSA) is 125 Å². The molecule has 4 atom stereocenters. The number of ether oxygens (including phenoxy) is 8. The van der Waals surface area contributed by atoms with Gasteiger partial charge >= 0.3 is 17.9 Å². The van der Waals surface area contributed by atoms with E-state index < -0.39 is 42.5 Å². The second kappa shape index (κ2) is 24.3. The van der Waals surface area contributed by atoms with Gasteiger partial charge in [-0.15, -0.1) is 0 Å². The summed E-state index contributed by atoms with van der Waals surface area (Å²) >= 11 is 0. The molecule has 6 rings (SSSR count). The zero-order chi connectivity index (χ0) is 42.7. The average molecular weight is 837 g/mol. The summed E-state index contributed by atoms with van der Waals surface area (Å²) in [6.45, 7) is 6.34. The van der Waals surface area contributed by atoms with E-state index in [2.05, 4.69) is 13.8 Å². The van der Waals surface area contributed by atoms with E-state index in [9.17, 15) is 14.4 Å². The van der Waals surface area contributed by atoms with E-state index in [1.165, 1.54) is 51.4 Å². The Morgan fingerprint density at radius 3 is 1.48 bits per heavy atom. The monoisotopic (exact) mass is 836 g/mol. The van der Waals surface area contributed by atoms with Crippen molar-refractivity contribution in [1.29, 1.82) is 0 Å². The first-order chi connectivity index (χ1) is 29.9. The Morgan fingerprint density at radius 2 is 0.967 bits per heavy atom. The molecule has 0 amide bonds. The van der Waals surface area contributed by atoms with Crippen molar-refractivity contribution in [2.75, 3.05) is 26.4 Å².